The molecule has 1 amide bonds. The van der Waals surface area contributed by atoms with Crippen molar-refractivity contribution in [1.82, 2.24) is 0 Å². The minimum atomic E-state index is -0.772. The maximum atomic E-state index is 12.5. The first kappa shape index (κ1) is 22.2. The van der Waals surface area contributed by atoms with Crippen molar-refractivity contribution in [2.45, 2.75) is 33.3 Å². The van der Waals surface area contributed by atoms with E-state index in [0.717, 1.165) is 3.57 Å². The van der Waals surface area contributed by atoms with Gasteiger partial charge in [0.25, 0.3) is 0 Å². The van der Waals surface area contributed by atoms with Gasteiger partial charge >= 0.3 is 6.09 Å². The van der Waals surface area contributed by atoms with Gasteiger partial charge in [-0.05, 0) is 78.4 Å². The molecule has 0 aliphatic carbocycles. The Hall–Kier alpha value is -2.13. The molecule has 28 heavy (non-hydrogen) atoms. The fraction of sp³-hybridized carbons (Fsp3) is 0.333. The number of benzene rings is 2. The molecule has 0 aliphatic rings. The van der Waals surface area contributed by atoms with Gasteiger partial charge in [0, 0.05) is 32.4 Å². The molecule has 0 fully saturated rings. The zero-order valence-electron chi connectivity index (χ0n) is 16.0. The predicted molar refractivity (Wildman–Crippen MR) is 116 cm³/mol. The molecular weight excluding hydrogens is 473 g/mol. The van der Waals surface area contributed by atoms with Gasteiger partial charge in [-0.25, -0.2) is 4.79 Å². The minimum absolute atomic E-state index is 0.0232. The van der Waals surface area contributed by atoms with Crippen LogP contribution in [0.5, 0.6) is 5.75 Å². The van der Waals surface area contributed by atoms with Crippen molar-refractivity contribution in [2.24, 2.45) is 5.41 Å². The number of phenols is 1. The number of rotatable bonds is 7. The molecule has 0 saturated carbocycles. The number of Topliss-reactive ketones (excluding diaryl/α,β-unsaturated/α-hetero) is 1. The summed E-state index contributed by atoms with van der Waals surface area (Å²) in [6.07, 6.45) is -1.08. The first-order valence-electron chi connectivity index (χ1n) is 8.82. The first-order valence-corrected chi connectivity index (χ1v) is 9.90. The van der Waals surface area contributed by atoms with Gasteiger partial charge in [0.05, 0.1) is 0 Å². The summed E-state index contributed by atoms with van der Waals surface area (Å²) in [5.74, 6) is -0.0378. The van der Waals surface area contributed by atoms with Gasteiger partial charge < -0.3 is 14.9 Å². The number of anilines is 1. The SMILES string of the molecule is CC(=O)c1ccc(NC(=O)O[C@@H](c2cc(I)ccc2O)C(C)(C)CCO)cc1. The number of carbonyl (C=O) groups is 2. The van der Waals surface area contributed by atoms with E-state index in [0.29, 0.717) is 23.2 Å². The number of halogens is 1. The molecule has 150 valence electrons. The molecule has 2 aromatic carbocycles. The average molecular weight is 497 g/mol. The van der Waals surface area contributed by atoms with E-state index in [1.165, 1.54) is 6.92 Å². The third-order valence-corrected chi connectivity index (χ3v) is 5.17. The predicted octanol–water partition coefficient (Wildman–Crippen LogP) is 4.90. The highest BCUT2D eigenvalue weighted by Gasteiger charge is 2.35. The standard InChI is InChI=1S/C21H24INO5/c1-13(25)14-4-7-16(8-5-14)23-20(27)28-19(21(2,3)10-11-24)17-12-15(22)6-9-18(17)26/h4-9,12,19,24,26H,10-11H2,1-3H3,(H,23,27)/t19-/m0/s1. The van der Waals surface area contributed by atoms with Crippen LogP contribution in [0, 0.1) is 8.99 Å². The molecule has 1 atom stereocenters. The maximum absolute atomic E-state index is 12.5. The number of ether oxygens (including phenoxy) is 1. The van der Waals surface area contributed by atoms with Crippen LogP contribution in [0.3, 0.4) is 0 Å². The van der Waals surface area contributed by atoms with E-state index in [1.807, 2.05) is 13.8 Å². The second kappa shape index (κ2) is 9.38. The van der Waals surface area contributed by atoms with Crippen LogP contribution in [-0.4, -0.2) is 28.7 Å². The molecule has 0 heterocycles. The van der Waals surface area contributed by atoms with Crippen molar-refractivity contribution < 1.29 is 24.5 Å². The Balaban J connectivity index is 2.25. The molecule has 0 unspecified atom stereocenters. The minimum Gasteiger partial charge on any atom is -0.508 e. The molecule has 2 rings (SSSR count). The normalized spacial score (nSPS) is 12.3. The second-order valence-electron chi connectivity index (χ2n) is 7.21. The van der Waals surface area contributed by atoms with Crippen LogP contribution in [0.25, 0.3) is 0 Å². The highest BCUT2D eigenvalue weighted by atomic mass is 127. The van der Waals surface area contributed by atoms with E-state index in [2.05, 4.69) is 27.9 Å². The lowest BCUT2D eigenvalue weighted by Gasteiger charge is -2.34. The van der Waals surface area contributed by atoms with Gasteiger partial charge in [-0.1, -0.05) is 13.8 Å². The Morgan fingerprint density at radius 1 is 1.18 bits per heavy atom. The van der Waals surface area contributed by atoms with E-state index in [9.17, 15) is 19.8 Å². The number of phenolic OH excluding ortho intramolecular Hbond substituents is 1. The van der Waals surface area contributed by atoms with Gasteiger partial charge in [0.2, 0.25) is 0 Å². The number of amides is 1. The number of nitrogens with one attached hydrogen (secondary N) is 1. The Bertz CT molecular complexity index is 848. The lowest BCUT2D eigenvalue weighted by Crippen LogP contribution is -2.30. The van der Waals surface area contributed by atoms with Crippen molar-refractivity contribution in [2.75, 3.05) is 11.9 Å². The van der Waals surface area contributed by atoms with Crippen molar-refractivity contribution in [3.05, 3.63) is 57.2 Å². The third-order valence-electron chi connectivity index (χ3n) is 4.50. The van der Waals surface area contributed by atoms with E-state index >= 15 is 0 Å². The summed E-state index contributed by atoms with van der Waals surface area (Å²) >= 11 is 2.12. The van der Waals surface area contributed by atoms with Gasteiger partial charge in [-0.3, -0.25) is 10.1 Å². The smallest absolute Gasteiger partial charge is 0.412 e. The molecule has 0 saturated heterocycles. The summed E-state index contributed by atoms with van der Waals surface area (Å²) in [7, 11) is 0. The molecule has 2 aromatic rings. The molecule has 0 spiro atoms. The first-order chi connectivity index (χ1) is 13.1. The van der Waals surface area contributed by atoms with E-state index < -0.39 is 17.6 Å². The number of aliphatic hydroxyl groups excluding tert-OH is 1. The molecule has 0 bridgehead atoms. The molecule has 6 nitrogen and oxygen atoms in total. The Morgan fingerprint density at radius 2 is 1.82 bits per heavy atom. The number of aliphatic hydroxyl groups is 1. The van der Waals surface area contributed by atoms with Crippen LogP contribution in [0.1, 0.15) is 49.2 Å². The maximum Gasteiger partial charge on any atom is 0.412 e. The monoisotopic (exact) mass is 497 g/mol. The average Bonchev–Trinajstić information content (AvgIpc) is 2.62. The largest absolute Gasteiger partial charge is 0.508 e. The fourth-order valence-corrected chi connectivity index (χ4v) is 3.36. The number of aromatic hydroxyl groups is 1. The van der Waals surface area contributed by atoms with Crippen LogP contribution >= 0.6 is 22.6 Å². The number of ketones is 1. The van der Waals surface area contributed by atoms with Crippen LogP contribution < -0.4 is 5.32 Å². The summed E-state index contributed by atoms with van der Waals surface area (Å²) in [6, 6.07) is 11.6. The van der Waals surface area contributed by atoms with Gasteiger partial charge in [0.15, 0.2) is 5.78 Å². The Labute approximate surface area is 178 Å². The van der Waals surface area contributed by atoms with Crippen LogP contribution in [-0.2, 0) is 4.74 Å². The Kier molecular flexibility index (Phi) is 7.42. The van der Waals surface area contributed by atoms with E-state index in [-0.39, 0.29) is 18.1 Å². The summed E-state index contributed by atoms with van der Waals surface area (Å²) in [6.45, 7) is 5.12. The van der Waals surface area contributed by atoms with Crippen LogP contribution in [0.4, 0.5) is 10.5 Å². The van der Waals surface area contributed by atoms with Crippen molar-refractivity contribution in [3.63, 3.8) is 0 Å². The van der Waals surface area contributed by atoms with E-state index in [4.69, 9.17) is 4.74 Å². The third kappa shape index (κ3) is 5.68. The summed E-state index contributed by atoms with van der Waals surface area (Å²) in [5.41, 5.74) is 0.893. The van der Waals surface area contributed by atoms with Crippen molar-refractivity contribution in [3.8, 4) is 5.75 Å². The molecular formula is C21H24INO5. The topological polar surface area (TPSA) is 95.9 Å². The van der Waals surface area contributed by atoms with Gasteiger partial charge in [-0.15, -0.1) is 0 Å². The Morgan fingerprint density at radius 3 is 2.39 bits per heavy atom. The van der Waals surface area contributed by atoms with Crippen LogP contribution in [0.15, 0.2) is 42.5 Å². The molecule has 3 N–H and O–H groups in total. The summed E-state index contributed by atoms with van der Waals surface area (Å²) in [4.78, 5) is 23.9. The zero-order valence-corrected chi connectivity index (χ0v) is 18.2. The van der Waals surface area contributed by atoms with Gasteiger partial charge in [0.1, 0.15) is 11.9 Å². The van der Waals surface area contributed by atoms with Crippen molar-refractivity contribution in [1.29, 1.82) is 0 Å². The summed E-state index contributed by atoms with van der Waals surface area (Å²) in [5, 5.41) is 22.4. The molecule has 0 aromatic heterocycles. The quantitative estimate of drug-likeness (QED) is 0.374. The van der Waals surface area contributed by atoms with E-state index in [1.54, 1.807) is 42.5 Å². The lowest BCUT2D eigenvalue weighted by molar-refractivity contribution is 0.0138. The zero-order chi connectivity index (χ0) is 20.9. The number of hydrogen-bond acceptors (Lipinski definition) is 5. The number of hydrogen-bond donors (Lipinski definition) is 3. The molecule has 7 heteroatoms. The summed E-state index contributed by atoms with van der Waals surface area (Å²) < 4.78 is 6.57. The number of carbonyl (C=O) groups excluding carboxylic acids is 2. The highest BCUT2D eigenvalue weighted by molar-refractivity contribution is 14.1. The molecule has 0 aliphatic heterocycles. The van der Waals surface area contributed by atoms with Crippen molar-refractivity contribution >= 4 is 40.2 Å². The van der Waals surface area contributed by atoms with Crippen LogP contribution in [0.2, 0.25) is 0 Å². The molecule has 0 radical (unpaired) electrons. The second-order valence-corrected chi connectivity index (χ2v) is 8.45. The van der Waals surface area contributed by atoms with Gasteiger partial charge in [-0.2, -0.15) is 0 Å². The fourth-order valence-electron chi connectivity index (χ4n) is 2.84. The highest BCUT2D eigenvalue weighted by Crippen LogP contribution is 2.43. The lowest BCUT2D eigenvalue weighted by atomic mass is 9.79.